The molecule has 0 aliphatic heterocycles. The van der Waals surface area contributed by atoms with Crippen molar-refractivity contribution in [2.75, 3.05) is 0 Å². The van der Waals surface area contributed by atoms with Crippen LogP contribution in [0.15, 0.2) is 46.0 Å². The molecule has 0 bridgehead atoms. The maximum absolute atomic E-state index is 13.7. The molecule has 2 aromatic rings. The fraction of sp³-hybridized carbons (Fsp3) is 0.286. The molecule has 1 fully saturated rings. The molecule has 0 spiro atoms. The van der Waals surface area contributed by atoms with Crippen LogP contribution < -0.4 is 0 Å². The first-order valence-corrected chi connectivity index (χ1v) is 8.70. The summed E-state index contributed by atoms with van der Waals surface area (Å²) in [5.41, 5.74) is 0.416. The van der Waals surface area contributed by atoms with E-state index in [1.807, 2.05) is 0 Å². The van der Waals surface area contributed by atoms with E-state index < -0.39 is 10.0 Å². The normalized spacial score (nSPS) is 15.7. The zero-order chi connectivity index (χ0) is 14.2. The number of benzene rings is 1. The van der Waals surface area contributed by atoms with Crippen molar-refractivity contribution >= 4 is 21.4 Å². The van der Waals surface area contributed by atoms with E-state index in [-0.39, 0.29) is 18.4 Å². The van der Waals surface area contributed by atoms with Crippen molar-refractivity contribution < 1.29 is 12.8 Å². The first-order valence-electron chi connectivity index (χ1n) is 6.38. The smallest absolute Gasteiger partial charge is 0.207 e. The average molecular weight is 311 g/mol. The van der Waals surface area contributed by atoms with Crippen molar-refractivity contribution in [3.8, 4) is 0 Å². The number of hydrogen-bond acceptors (Lipinski definition) is 3. The second-order valence-corrected chi connectivity index (χ2v) is 7.87. The highest BCUT2D eigenvalue weighted by Crippen LogP contribution is 2.34. The van der Waals surface area contributed by atoms with Crippen molar-refractivity contribution in [2.24, 2.45) is 0 Å². The standard InChI is InChI=1S/C14H14FNO2S2/c15-13-5-2-1-4-11(13)10-16(12-7-8-12)20(17,18)14-6-3-9-19-14/h1-6,9,12H,7-8,10H2. The highest BCUT2D eigenvalue weighted by molar-refractivity contribution is 7.91. The van der Waals surface area contributed by atoms with E-state index in [1.165, 1.54) is 21.7 Å². The Labute approximate surface area is 121 Å². The van der Waals surface area contributed by atoms with Gasteiger partial charge in [0.05, 0.1) is 0 Å². The van der Waals surface area contributed by atoms with Gasteiger partial charge >= 0.3 is 0 Å². The summed E-state index contributed by atoms with van der Waals surface area (Å²) in [7, 11) is -3.52. The Hall–Kier alpha value is -1.24. The van der Waals surface area contributed by atoms with Crippen molar-refractivity contribution in [1.29, 1.82) is 0 Å². The molecule has 3 rings (SSSR count). The molecule has 1 saturated carbocycles. The van der Waals surface area contributed by atoms with Gasteiger partial charge in [-0.05, 0) is 30.4 Å². The topological polar surface area (TPSA) is 37.4 Å². The molecule has 0 radical (unpaired) electrons. The average Bonchev–Trinajstić information content (AvgIpc) is 3.09. The van der Waals surface area contributed by atoms with Gasteiger partial charge in [-0.1, -0.05) is 24.3 Å². The molecule has 20 heavy (non-hydrogen) atoms. The molecule has 1 aliphatic carbocycles. The minimum atomic E-state index is -3.52. The Bertz CT molecular complexity index is 694. The lowest BCUT2D eigenvalue weighted by molar-refractivity contribution is 0.392. The molecule has 3 nitrogen and oxygen atoms in total. The van der Waals surface area contributed by atoms with Crippen molar-refractivity contribution in [1.82, 2.24) is 4.31 Å². The third-order valence-corrected chi connectivity index (χ3v) is 6.57. The first kappa shape index (κ1) is 13.7. The molecule has 1 aliphatic rings. The Kier molecular flexibility index (Phi) is 3.62. The molecule has 0 atom stereocenters. The molecule has 1 aromatic heterocycles. The lowest BCUT2D eigenvalue weighted by Crippen LogP contribution is -2.32. The number of hydrogen-bond donors (Lipinski definition) is 0. The molecule has 1 aromatic carbocycles. The van der Waals surface area contributed by atoms with Gasteiger partial charge in [-0.25, -0.2) is 12.8 Å². The Morgan fingerprint density at radius 3 is 2.55 bits per heavy atom. The summed E-state index contributed by atoms with van der Waals surface area (Å²) in [4.78, 5) is 0. The Morgan fingerprint density at radius 2 is 1.95 bits per heavy atom. The van der Waals surface area contributed by atoms with Crippen LogP contribution in [0.5, 0.6) is 0 Å². The highest BCUT2D eigenvalue weighted by atomic mass is 32.2. The van der Waals surface area contributed by atoms with E-state index in [4.69, 9.17) is 0 Å². The Balaban J connectivity index is 1.93. The molecule has 0 N–H and O–H groups in total. The summed E-state index contributed by atoms with van der Waals surface area (Å²) in [6.45, 7) is 0.0948. The van der Waals surface area contributed by atoms with E-state index in [9.17, 15) is 12.8 Å². The van der Waals surface area contributed by atoms with E-state index >= 15 is 0 Å². The van der Waals surface area contributed by atoms with Crippen LogP contribution in [0.2, 0.25) is 0 Å². The van der Waals surface area contributed by atoms with Crippen molar-refractivity contribution in [2.45, 2.75) is 29.6 Å². The van der Waals surface area contributed by atoms with Crippen LogP contribution in [-0.4, -0.2) is 18.8 Å². The van der Waals surface area contributed by atoms with Crippen molar-refractivity contribution in [3.05, 3.63) is 53.2 Å². The fourth-order valence-electron chi connectivity index (χ4n) is 2.09. The fourth-order valence-corrected chi connectivity index (χ4v) is 4.88. The summed E-state index contributed by atoms with van der Waals surface area (Å²) >= 11 is 1.19. The van der Waals surface area contributed by atoms with E-state index in [0.717, 1.165) is 12.8 Å². The minimum absolute atomic E-state index is 0.00158. The predicted molar refractivity (Wildman–Crippen MR) is 76.5 cm³/mol. The summed E-state index contributed by atoms with van der Waals surface area (Å²) in [5, 5.41) is 1.74. The van der Waals surface area contributed by atoms with Gasteiger partial charge in [0.25, 0.3) is 10.0 Å². The second kappa shape index (κ2) is 5.27. The molecular weight excluding hydrogens is 297 g/mol. The van der Waals surface area contributed by atoms with Gasteiger partial charge in [0.2, 0.25) is 0 Å². The van der Waals surface area contributed by atoms with Crippen LogP contribution in [0.4, 0.5) is 4.39 Å². The van der Waals surface area contributed by atoms with Gasteiger partial charge in [0, 0.05) is 18.2 Å². The van der Waals surface area contributed by atoms with Gasteiger partial charge < -0.3 is 0 Å². The van der Waals surface area contributed by atoms with Gasteiger partial charge in [0.1, 0.15) is 10.0 Å². The minimum Gasteiger partial charge on any atom is -0.207 e. The number of halogens is 1. The highest BCUT2D eigenvalue weighted by Gasteiger charge is 2.38. The maximum atomic E-state index is 13.7. The lowest BCUT2D eigenvalue weighted by Gasteiger charge is -2.21. The van der Waals surface area contributed by atoms with Crippen molar-refractivity contribution in [3.63, 3.8) is 0 Å². The molecule has 0 saturated heterocycles. The molecule has 6 heteroatoms. The maximum Gasteiger partial charge on any atom is 0.253 e. The van der Waals surface area contributed by atoms with Gasteiger partial charge in [-0.2, -0.15) is 4.31 Å². The Morgan fingerprint density at radius 1 is 1.20 bits per heavy atom. The van der Waals surface area contributed by atoms with Gasteiger partial charge in [0.15, 0.2) is 0 Å². The SMILES string of the molecule is O=S(=O)(c1cccs1)N(Cc1ccccc1F)C1CC1. The zero-order valence-corrected chi connectivity index (χ0v) is 12.3. The molecule has 1 heterocycles. The van der Waals surface area contributed by atoms with Crippen LogP contribution >= 0.6 is 11.3 Å². The largest absolute Gasteiger partial charge is 0.253 e. The van der Waals surface area contributed by atoms with Crippen LogP contribution in [0, 0.1) is 5.82 Å². The molecular formula is C14H14FNO2S2. The quantitative estimate of drug-likeness (QED) is 0.850. The van der Waals surface area contributed by atoms with Crippen LogP contribution in [0.25, 0.3) is 0 Å². The monoisotopic (exact) mass is 311 g/mol. The second-order valence-electron chi connectivity index (χ2n) is 4.80. The summed E-state index contributed by atoms with van der Waals surface area (Å²) in [5.74, 6) is -0.362. The van der Waals surface area contributed by atoms with Crippen LogP contribution in [0.3, 0.4) is 0 Å². The van der Waals surface area contributed by atoms with Crippen LogP contribution in [0.1, 0.15) is 18.4 Å². The number of sulfonamides is 1. The predicted octanol–water partition coefficient (Wildman–Crippen LogP) is 3.24. The van der Waals surface area contributed by atoms with Crippen LogP contribution in [-0.2, 0) is 16.6 Å². The first-order chi connectivity index (χ1) is 9.59. The lowest BCUT2D eigenvalue weighted by atomic mass is 10.2. The van der Waals surface area contributed by atoms with E-state index in [0.29, 0.717) is 9.77 Å². The third-order valence-electron chi connectivity index (χ3n) is 3.30. The van der Waals surface area contributed by atoms with Gasteiger partial charge in [-0.15, -0.1) is 11.3 Å². The number of rotatable bonds is 5. The molecule has 0 unspecified atom stereocenters. The third kappa shape index (κ3) is 2.63. The summed E-state index contributed by atoms with van der Waals surface area (Å²) in [6, 6.07) is 9.63. The molecule has 106 valence electrons. The molecule has 0 amide bonds. The summed E-state index contributed by atoms with van der Waals surface area (Å²) < 4.78 is 40.7. The summed E-state index contributed by atoms with van der Waals surface area (Å²) in [6.07, 6.45) is 1.69. The zero-order valence-electron chi connectivity index (χ0n) is 10.7. The van der Waals surface area contributed by atoms with E-state index in [1.54, 1.807) is 35.7 Å². The number of thiophene rings is 1. The number of nitrogens with zero attached hydrogens (tertiary/aromatic N) is 1. The van der Waals surface area contributed by atoms with Gasteiger partial charge in [-0.3, -0.25) is 0 Å². The van der Waals surface area contributed by atoms with E-state index in [2.05, 4.69) is 0 Å².